The molecular weight excluding hydrogens is 388 g/mol. The molecule has 2 rings (SSSR count). The minimum Gasteiger partial charge on any atom is -0.481 e. The van der Waals surface area contributed by atoms with Crippen LogP contribution in [0.1, 0.15) is 5.56 Å². The summed E-state index contributed by atoms with van der Waals surface area (Å²) in [7, 11) is 0. The Morgan fingerprint density at radius 2 is 1.88 bits per heavy atom. The number of anilines is 1. The van der Waals surface area contributed by atoms with Gasteiger partial charge in [-0.3, -0.25) is 4.79 Å². The minimum absolute atomic E-state index is 0.130. The number of ether oxygens (including phenoxy) is 1. The van der Waals surface area contributed by atoms with Gasteiger partial charge in [0.05, 0.1) is 0 Å². The lowest BCUT2D eigenvalue weighted by Gasteiger charge is -2.08. The summed E-state index contributed by atoms with van der Waals surface area (Å²) < 4.78 is 6.03. The summed E-state index contributed by atoms with van der Waals surface area (Å²) >= 11 is 3.30. The lowest BCUT2D eigenvalue weighted by atomic mass is 10.1. The maximum Gasteiger partial charge on any atom is 0.341 e. The molecule has 0 aliphatic carbocycles. The first-order valence-electron chi connectivity index (χ1n) is 7.12. The van der Waals surface area contributed by atoms with E-state index in [9.17, 15) is 14.9 Å². The van der Waals surface area contributed by atoms with Crippen molar-refractivity contribution in [3.05, 3.63) is 64.1 Å². The Morgan fingerprint density at radius 3 is 2.52 bits per heavy atom. The number of hydrogen-bond donors (Lipinski definition) is 2. The van der Waals surface area contributed by atoms with Gasteiger partial charge < -0.3 is 15.2 Å². The lowest BCUT2D eigenvalue weighted by Crippen LogP contribution is -2.13. The number of nitrogens with zero attached hydrogens (tertiary/aromatic N) is 1. The number of benzene rings is 2. The third-order valence-electron chi connectivity index (χ3n) is 3.04. The van der Waals surface area contributed by atoms with E-state index in [4.69, 9.17) is 9.84 Å². The molecule has 0 radical (unpaired) electrons. The van der Waals surface area contributed by atoms with E-state index < -0.39 is 18.5 Å². The van der Waals surface area contributed by atoms with E-state index >= 15 is 0 Å². The maximum absolute atomic E-state index is 12.3. The molecule has 0 spiro atoms. The van der Waals surface area contributed by atoms with Crippen molar-refractivity contribution >= 4 is 39.6 Å². The predicted molar refractivity (Wildman–Crippen MR) is 95.9 cm³/mol. The third kappa shape index (κ3) is 5.48. The summed E-state index contributed by atoms with van der Waals surface area (Å²) in [5, 5.41) is 20.6. The van der Waals surface area contributed by atoms with Crippen LogP contribution in [0, 0.1) is 11.3 Å². The van der Waals surface area contributed by atoms with Gasteiger partial charge in [0.25, 0.3) is 5.91 Å². The predicted octanol–water partition coefficient (Wildman–Crippen LogP) is 3.46. The van der Waals surface area contributed by atoms with Gasteiger partial charge in [-0.1, -0.05) is 34.1 Å². The van der Waals surface area contributed by atoms with Crippen LogP contribution in [0.15, 0.2) is 58.6 Å². The standard InChI is InChI=1S/C18H13BrN2O4/c19-14-5-7-15(8-6-14)21-18(24)13(10-20)9-12-3-1-2-4-16(12)25-11-17(22)23/h1-9H,11H2,(H,21,24)(H,22,23)/b13-9+. The molecular formula is C18H13BrN2O4. The number of carboxylic acids is 1. The first kappa shape index (κ1) is 18.2. The van der Waals surface area contributed by atoms with E-state index in [2.05, 4.69) is 21.2 Å². The first-order chi connectivity index (χ1) is 12.0. The summed E-state index contributed by atoms with van der Waals surface area (Å²) in [5.74, 6) is -1.42. The van der Waals surface area contributed by atoms with Crippen molar-refractivity contribution in [1.82, 2.24) is 0 Å². The number of nitriles is 1. The van der Waals surface area contributed by atoms with Gasteiger partial charge >= 0.3 is 5.97 Å². The fourth-order valence-corrected chi connectivity index (χ4v) is 2.17. The molecule has 0 aliphatic heterocycles. The molecule has 0 atom stereocenters. The number of carbonyl (C=O) groups excluding carboxylic acids is 1. The van der Waals surface area contributed by atoms with Gasteiger partial charge in [-0.15, -0.1) is 0 Å². The molecule has 0 bridgehead atoms. The van der Waals surface area contributed by atoms with Crippen molar-refractivity contribution in [3.63, 3.8) is 0 Å². The fraction of sp³-hybridized carbons (Fsp3) is 0.0556. The second-order valence-corrected chi connectivity index (χ2v) is 5.77. The molecule has 126 valence electrons. The van der Waals surface area contributed by atoms with Crippen LogP contribution >= 0.6 is 15.9 Å². The Morgan fingerprint density at radius 1 is 1.20 bits per heavy atom. The van der Waals surface area contributed by atoms with Crippen molar-refractivity contribution < 1.29 is 19.4 Å². The van der Waals surface area contributed by atoms with E-state index in [-0.39, 0.29) is 11.3 Å². The van der Waals surface area contributed by atoms with Crippen molar-refractivity contribution in [2.24, 2.45) is 0 Å². The van der Waals surface area contributed by atoms with E-state index in [0.29, 0.717) is 11.3 Å². The SMILES string of the molecule is N#C/C(=C\c1ccccc1OCC(=O)O)C(=O)Nc1ccc(Br)cc1. The molecule has 0 saturated carbocycles. The molecule has 25 heavy (non-hydrogen) atoms. The van der Waals surface area contributed by atoms with Crippen LogP contribution in [0.5, 0.6) is 5.75 Å². The molecule has 1 amide bonds. The summed E-state index contributed by atoms with van der Waals surface area (Å²) in [5.41, 5.74) is 0.852. The summed E-state index contributed by atoms with van der Waals surface area (Å²) in [6.45, 7) is -0.516. The number of carboxylic acid groups (broad SMARTS) is 1. The number of para-hydroxylation sites is 1. The zero-order chi connectivity index (χ0) is 18.2. The summed E-state index contributed by atoms with van der Waals surface area (Å²) in [4.78, 5) is 22.9. The molecule has 0 aromatic heterocycles. The number of aliphatic carboxylic acids is 1. The number of nitrogens with one attached hydrogen (secondary N) is 1. The Hall–Kier alpha value is -3.11. The molecule has 2 aromatic carbocycles. The number of rotatable bonds is 6. The number of halogens is 1. The number of amides is 1. The highest BCUT2D eigenvalue weighted by molar-refractivity contribution is 9.10. The van der Waals surface area contributed by atoms with Crippen molar-refractivity contribution in [2.75, 3.05) is 11.9 Å². The van der Waals surface area contributed by atoms with Crippen LogP contribution in [0.2, 0.25) is 0 Å². The second kappa shape index (κ2) is 8.66. The van der Waals surface area contributed by atoms with E-state index in [1.165, 1.54) is 6.08 Å². The molecule has 6 nitrogen and oxygen atoms in total. The molecule has 2 N–H and O–H groups in total. The Labute approximate surface area is 152 Å². The molecule has 0 saturated heterocycles. The lowest BCUT2D eigenvalue weighted by molar-refractivity contribution is -0.139. The van der Waals surface area contributed by atoms with Gasteiger partial charge in [-0.05, 0) is 36.4 Å². The smallest absolute Gasteiger partial charge is 0.341 e. The van der Waals surface area contributed by atoms with Crippen LogP contribution in [0.4, 0.5) is 5.69 Å². The maximum atomic E-state index is 12.3. The highest BCUT2D eigenvalue weighted by Gasteiger charge is 2.12. The Kier molecular flexibility index (Phi) is 6.32. The zero-order valence-corrected chi connectivity index (χ0v) is 14.5. The minimum atomic E-state index is -1.12. The van der Waals surface area contributed by atoms with Gasteiger partial charge in [0.2, 0.25) is 0 Å². The third-order valence-corrected chi connectivity index (χ3v) is 3.57. The molecule has 0 aliphatic rings. The fourth-order valence-electron chi connectivity index (χ4n) is 1.91. The first-order valence-corrected chi connectivity index (χ1v) is 7.91. The zero-order valence-electron chi connectivity index (χ0n) is 12.9. The average molecular weight is 401 g/mol. The monoisotopic (exact) mass is 400 g/mol. The van der Waals surface area contributed by atoms with E-state index in [0.717, 1.165) is 4.47 Å². The summed E-state index contributed by atoms with van der Waals surface area (Å²) in [6, 6.07) is 15.3. The van der Waals surface area contributed by atoms with E-state index in [1.807, 2.05) is 6.07 Å². The highest BCUT2D eigenvalue weighted by atomic mass is 79.9. The van der Waals surface area contributed by atoms with Gasteiger partial charge in [-0.25, -0.2) is 4.79 Å². The molecule has 7 heteroatoms. The van der Waals surface area contributed by atoms with Crippen LogP contribution in [0.3, 0.4) is 0 Å². The topological polar surface area (TPSA) is 99.4 Å². The highest BCUT2D eigenvalue weighted by Crippen LogP contribution is 2.22. The Balaban J connectivity index is 2.22. The van der Waals surface area contributed by atoms with Crippen molar-refractivity contribution in [3.8, 4) is 11.8 Å². The van der Waals surface area contributed by atoms with Gasteiger partial charge in [0.15, 0.2) is 6.61 Å². The Bertz CT molecular complexity index is 854. The van der Waals surface area contributed by atoms with E-state index in [1.54, 1.807) is 48.5 Å². The van der Waals surface area contributed by atoms with Crippen molar-refractivity contribution in [2.45, 2.75) is 0 Å². The van der Waals surface area contributed by atoms with Crippen LogP contribution in [0.25, 0.3) is 6.08 Å². The van der Waals surface area contributed by atoms with Crippen LogP contribution in [-0.4, -0.2) is 23.6 Å². The van der Waals surface area contributed by atoms with Gasteiger partial charge in [0.1, 0.15) is 17.4 Å². The van der Waals surface area contributed by atoms with Gasteiger partial charge in [-0.2, -0.15) is 5.26 Å². The van der Waals surface area contributed by atoms with Crippen LogP contribution < -0.4 is 10.1 Å². The summed E-state index contributed by atoms with van der Waals surface area (Å²) in [6.07, 6.45) is 1.35. The molecule has 0 fully saturated rings. The van der Waals surface area contributed by atoms with Gasteiger partial charge in [0, 0.05) is 15.7 Å². The second-order valence-electron chi connectivity index (χ2n) is 4.85. The number of carbonyl (C=O) groups is 2. The van der Waals surface area contributed by atoms with Crippen molar-refractivity contribution in [1.29, 1.82) is 5.26 Å². The average Bonchev–Trinajstić information content (AvgIpc) is 2.60. The quantitative estimate of drug-likeness (QED) is 0.571. The van der Waals surface area contributed by atoms with Crippen LogP contribution in [-0.2, 0) is 9.59 Å². The molecule has 2 aromatic rings. The number of hydrogen-bond acceptors (Lipinski definition) is 4. The largest absolute Gasteiger partial charge is 0.481 e. The molecule has 0 heterocycles. The normalized spacial score (nSPS) is 10.6. The molecule has 0 unspecified atom stereocenters.